The van der Waals surface area contributed by atoms with Crippen molar-refractivity contribution in [2.45, 2.75) is 70.6 Å². The van der Waals surface area contributed by atoms with Crippen LogP contribution in [-0.4, -0.2) is 19.0 Å². The molecule has 1 aromatic carbocycles. The zero-order valence-corrected chi connectivity index (χ0v) is 14.5. The average Bonchev–Trinajstić information content (AvgIpc) is 2.62. The molecule has 1 aliphatic carbocycles. The minimum atomic E-state index is -2.18. The highest BCUT2D eigenvalue weighted by Gasteiger charge is 2.22. The first-order valence-electron chi connectivity index (χ1n) is 9.15. The maximum Gasteiger partial charge on any atom is 0.340 e. The summed E-state index contributed by atoms with van der Waals surface area (Å²) in [4.78, 5) is 11.6. The van der Waals surface area contributed by atoms with Crippen molar-refractivity contribution in [1.82, 2.24) is 0 Å². The fraction of sp³-hybridized carbons (Fsp3) is 0.650. The Labute approximate surface area is 143 Å². The molecular formula is C20H28F2O2. The number of rotatable bonds is 8. The molecule has 1 unspecified atom stereocenters. The predicted molar refractivity (Wildman–Crippen MR) is 91.6 cm³/mol. The topological polar surface area (TPSA) is 26.3 Å². The number of hydrogen-bond acceptors (Lipinski definition) is 2. The third-order valence-corrected chi connectivity index (χ3v) is 5.04. The maximum atomic E-state index is 12.8. The molecule has 0 aliphatic heterocycles. The predicted octanol–water partition coefficient (Wildman–Crippen LogP) is 5.96. The Morgan fingerprint density at radius 1 is 1.17 bits per heavy atom. The average molecular weight is 338 g/mol. The van der Waals surface area contributed by atoms with Crippen LogP contribution in [0.2, 0.25) is 0 Å². The summed E-state index contributed by atoms with van der Waals surface area (Å²) in [5, 5.41) is 0. The molecule has 134 valence electrons. The van der Waals surface area contributed by atoms with Gasteiger partial charge in [-0.1, -0.05) is 44.7 Å². The van der Waals surface area contributed by atoms with E-state index >= 15 is 0 Å². The number of hydrogen-bond donors (Lipinski definition) is 0. The van der Waals surface area contributed by atoms with Gasteiger partial charge in [0.15, 0.2) is 6.67 Å². The van der Waals surface area contributed by atoms with Crippen molar-refractivity contribution in [2.24, 2.45) is 5.92 Å². The second-order valence-electron chi connectivity index (χ2n) is 6.81. The summed E-state index contributed by atoms with van der Waals surface area (Å²) in [6.45, 7) is 0.924. The molecule has 0 heterocycles. The lowest BCUT2D eigenvalue weighted by atomic mass is 9.77. The smallest absolute Gasteiger partial charge is 0.340 e. The van der Waals surface area contributed by atoms with E-state index in [1.54, 1.807) is 12.1 Å². The first kappa shape index (κ1) is 18.9. The molecular weight excluding hydrogens is 310 g/mol. The third kappa shape index (κ3) is 5.57. The summed E-state index contributed by atoms with van der Waals surface area (Å²) in [6.07, 6.45) is 8.06. The molecule has 4 heteroatoms. The third-order valence-electron chi connectivity index (χ3n) is 5.04. The zero-order valence-electron chi connectivity index (χ0n) is 14.5. The van der Waals surface area contributed by atoms with Crippen molar-refractivity contribution >= 4 is 5.97 Å². The van der Waals surface area contributed by atoms with Gasteiger partial charge in [-0.3, -0.25) is 0 Å². The first-order chi connectivity index (χ1) is 11.6. The van der Waals surface area contributed by atoms with Gasteiger partial charge in [0.1, 0.15) is 0 Å². The van der Waals surface area contributed by atoms with E-state index in [-0.39, 0.29) is 5.56 Å². The lowest BCUT2D eigenvalue weighted by molar-refractivity contribution is -0.0254. The Bertz CT molecular complexity index is 493. The molecule has 24 heavy (non-hydrogen) atoms. The second-order valence-corrected chi connectivity index (χ2v) is 6.81. The Morgan fingerprint density at radius 3 is 2.42 bits per heavy atom. The number of unbranched alkanes of at least 4 members (excludes halogenated alkanes) is 2. The number of halogens is 2. The fourth-order valence-electron chi connectivity index (χ4n) is 3.57. The Balaban J connectivity index is 1.82. The van der Waals surface area contributed by atoms with Crippen molar-refractivity contribution in [2.75, 3.05) is 6.67 Å². The maximum absolute atomic E-state index is 12.8. The van der Waals surface area contributed by atoms with Gasteiger partial charge < -0.3 is 4.74 Å². The molecule has 1 fully saturated rings. The van der Waals surface area contributed by atoms with Gasteiger partial charge in [0.2, 0.25) is 0 Å². The van der Waals surface area contributed by atoms with Crippen molar-refractivity contribution in [3.63, 3.8) is 0 Å². The summed E-state index contributed by atoms with van der Waals surface area (Å²) >= 11 is 0. The lowest BCUT2D eigenvalue weighted by Gasteiger charge is -2.29. The number of alkyl halides is 2. The zero-order chi connectivity index (χ0) is 17.4. The van der Waals surface area contributed by atoms with Gasteiger partial charge >= 0.3 is 5.97 Å². The Hall–Kier alpha value is -1.45. The molecule has 0 bridgehead atoms. The molecule has 0 amide bonds. The summed E-state index contributed by atoms with van der Waals surface area (Å²) in [5.41, 5.74) is 1.49. The van der Waals surface area contributed by atoms with Crippen molar-refractivity contribution in [1.29, 1.82) is 0 Å². The minimum absolute atomic E-state index is 0.267. The van der Waals surface area contributed by atoms with Crippen LogP contribution in [0.15, 0.2) is 24.3 Å². The number of ether oxygens (including phenoxy) is 1. The number of carbonyl (C=O) groups excluding carboxylic acids is 1. The van der Waals surface area contributed by atoms with Crippen LogP contribution in [-0.2, 0) is 4.74 Å². The number of carbonyl (C=O) groups is 1. The summed E-state index contributed by atoms with van der Waals surface area (Å²) in [6, 6.07) is 7.13. The molecule has 0 radical (unpaired) electrons. The van der Waals surface area contributed by atoms with Gasteiger partial charge in [-0.05, 0) is 55.2 Å². The molecule has 1 aromatic rings. The SMILES string of the molecule is CCCCCC1CCC(c2ccc(C(=O)OC(F)CF)cc2)CC1. The van der Waals surface area contributed by atoms with Crippen LogP contribution >= 0.6 is 0 Å². The largest absolute Gasteiger partial charge is 0.425 e. The van der Waals surface area contributed by atoms with Gasteiger partial charge in [0, 0.05) is 0 Å². The highest BCUT2D eigenvalue weighted by Crippen LogP contribution is 2.37. The van der Waals surface area contributed by atoms with Crippen molar-refractivity contribution < 1.29 is 18.3 Å². The molecule has 0 N–H and O–H groups in total. The van der Waals surface area contributed by atoms with Gasteiger partial charge in [-0.25, -0.2) is 9.18 Å². The second kappa shape index (κ2) is 9.75. The Morgan fingerprint density at radius 2 is 1.83 bits per heavy atom. The molecule has 2 nitrogen and oxygen atoms in total. The number of esters is 1. The summed E-state index contributed by atoms with van der Waals surface area (Å²) < 4.78 is 29.2. The van der Waals surface area contributed by atoms with Crippen LogP contribution in [0.3, 0.4) is 0 Å². The summed E-state index contributed by atoms with van der Waals surface area (Å²) in [7, 11) is 0. The van der Waals surface area contributed by atoms with Crippen LogP contribution in [0.5, 0.6) is 0 Å². The van der Waals surface area contributed by atoms with E-state index < -0.39 is 19.0 Å². The van der Waals surface area contributed by atoms with Crippen molar-refractivity contribution in [3.8, 4) is 0 Å². The van der Waals surface area contributed by atoms with E-state index in [1.165, 1.54) is 56.9 Å². The van der Waals surface area contributed by atoms with Crippen LogP contribution in [0, 0.1) is 5.92 Å². The Kier molecular flexibility index (Phi) is 7.67. The van der Waals surface area contributed by atoms with E-state index in [0.717, 1.165) is 5.92 Å². The quantitative estimate of drug-likeness (QED) is 0.431. The van der Waals surface area contributed by atoms with Gasteiger partial charge in [0.05, 0.1) is 5.56 Å². The summed E-state index contributed by atoms with van der Waals surface area (Å²) in [5.74, 6) is 0.591. The molecule has 0 aromatic heterocycles. The van der Waals surface area contributed by atoms with E-state index in [0.29, 0.717) is 5.92 Å². The monoisotopic (exact) mass is 338 g/mol. The van der Waals surface area contributed by atoms with E-state index in [2.05, 4.69) is 11.7 Å². The van der Waals surface area contributed by atoms with E-state index in [4.69, 9.17) is 0 Å². The molecule has 2 rings (SSSR count). The number of benzene rings is 1. The van der Waals surface area contributed by atoms with Gasteiger partial charge in [-0.15, -0.1) is 0 Å². The van der Waals surface area contributed by atoms with Gasteiger partial charge in [0.25, 0.3) is 6.36 Å². The standard InChI is InChI=1S/C20H28F2O2/c1-2-3-4-5-15-6-8-16(9-7-15)17-10-12-18(13-11-17)20(23)24-19(22)14-21/h10-13,15-16,19H,2-9,14H2,1H3. The van der Waals surface area contributed by atoms with Crippen LogP contribution < -0.4 is 0 Å². The van der Waals surface area contributed by atoms with Crippen molar-refractivity contribution in [3.05, 3.63) is 35.4 Å². The highest BCUT2D eigenvalue weighted by molar-refractivity contribution is 5.89. The first-order valence-corrected chi connectivity index (χ1v) is 9.15. The normalized spacial score (nSPS) is 22.1. The fourth-order valence-corrected chi connectivity index (χ4v) is 3.57. The van der Waals surface area contributed by atoms with E-state index in [1.807, 2.05) is 12.1 Å². The van der Waals surface area contributed by atoms with Crippen LogP contribution in [0.4, 0.5) is 8.78 Å². The van der Waals surface area contributed by atoms with Crippen LogP contribution in [0.25, 0.3) is 0 Å². The van der Waals surface area contributed by atoms with Gasteiger partial charge in [-0.2, -0.15) is 4.39 Å². The van der Waals surface area contributed by atoms with E-state index in [9.17, 15) is 13.6 Å². The van der Waals surface area contributed by atoms with Crippen LogP contribution in [0.1, 0.15) is 80.1 Å². The molecule has 0 spiro atoms. The molecule has 0 saturated heterocycles. The molecule has 1 atom stereocenters. The lowest BCUT2D eigenvalue weighted by Crippen LogP contribution is -2.16. The molecule has 1 saturated carbocycles. The molecule has 1 aliphatic rings. The minimum Gasteiger partial charge on any atom is -0.425 e. The highest BCUT2D eigenvalue weighted by atomic mass is 19.2.